The van der Waals surface area contributed by atoms with Gasteiger partial charge in [-0.05, 0) is 34.2 Å². The van der Waals surface area contributed by atoms with E-state index >= 15 is 0 Å². The summed E-state index contributed by atoms with van der Waals surface area (Å²) in [6.07, 6.45) is 1.81. The van der Waals surface area contributed by atoms with Crippen molar-refractivity contribution in [2.45, 2.75) is 39.2 Å². The van der Waals surface area contributed by atoms with E-state index < -0.39 is 17.2 Å². The van der Waals surface area contributed by atoms with Gasteiger partial charge in [0.15, 0.2) is 5.82 Å². The molecular formula is C23H22F2N4O. The lowest BCUT2D eigenvalue weighted by molar-refractivity contribution is -0.115. The Labute approximate surface area is 174 Å². The van der Waals surface area contributed by atoms with E-state index in [9.17, 15) is 13.6 Å². The van der Waals surface area contributed by atoms with E-state index in [0.29, 0.717) is 11.4 Å². The van der Waals surface area contributed by atoms with Crippen LogP contribution in [0.4, 0.5) is 14.6 Å². The van der Waals surface area contributed by atoms with E-state index in [1.54, 1.807) is 12.3 Å². The lowest BCUT2D eigenvalue weighted by Gasteiger charge is -2.19. The van der Waals surface area contributed by atoms with Gasteiger partial charge in [-0.25, -0.2) is 8.78 Å². The number of halogens is 2. The summed E-state index contributed by atoms with van der Waals surface area (Å²) in [6.45, 7) is 6.49. The summed E-state index contributed by atoms with van der Waals surface area (Å²) in [7, 11) is 0. The highest BCUT2D eigenvalue weighted by Gasteiger charge is 2.14. The first-order chi connectivity index (χ1) is 14.2. The maximum absolute atomic E-state index is 13.7. The molecule has 3 rings (SSSR count). The summed E-state index contributed by atoms with van der Waals surface area (Å²) in [5.41, 5.74) is 1.85. The summed E-state index contributed by atoms with van der Waals surface area (Å²) in [6, 6.07) is 13.2. The minimum absolute atomic E-state index is 0.0500. The second-order valence-corrected chi connectivity index (χ2v) is 8.12. The predicted molar refractivity (Wildman–Crippen MR) is 110 cm³/mol. The Hall–Kier alpha value is -3.53. The zero-order valence-corrected chi connectivity index (χ0v) is 17.0. The van der Waals surface area contributed by atoms with Gasteiger partial charge < -0.3 is 5.32 Å². The van der Waals surface area contributed by atoms with Gasteiger partial charge in [-0.15, -0.1) is 0 Å². The smallest absolute Gasteiger partial charge is 0.229 e. The fraction of sp³-hybridized carbons (Fsp3) is 0.261. The zero-order chi connectivity index (χ0) is 21.9. The molecule has 5 nitrogen and oxygen atoms in total. The molecule has 0 aliphatic heterocycles. The molecule has 0 aliphatic rings. The van der Waals surface area contributed by atoms with Crippen LogP contribution in [0.5, 0.6) is 0 Å². The molecule has 1 heterocycles. The Kier molecular flexibility index (Phi) is 5.97. The Bertz CT molecular complexity index is 1080. The fourth-order valence-electron chi connectivity index (χ4n) is 3.02. The van der Waals surface area contributed by atoms with E-state index in [1.165, 1.54) is 16.3 Å². The van der Waals surface area contributed by atoms with Crippen molar-refractivity contribution in [2.75, 3.05) is 5.32 Å². The predicted octanol–water partition coefficient (Wildman–Crippen LogP) is 4.56. The van der Waals surface area contributed by atoms with Crippen molar-refractivity contribution in [2.24, 2.45) is 0 Å². The van der Waals surface area contributed by atoms with Crippen LogP contribution in [0.2, 0.25) is 0 Å². The van der Waals surface area contributed by atoms with Crippen molar-refractivity contribution < 1.29 is 13.6 Å². The molecule has 0 saturated carbocycles. The van der Waals surface area contributed by atoms with Crippen LogP contribution in [-0.4, -0.2) is 15.7 Å². The number of aromatic nitrogens is 2. The highest BCUT2D eigenvalue weighted by molar-refractivity contribution is 5.91. The molecule has 154 valence electrons. The van der Waals surface area contributed by atoms with Gasteiger partial charge in [0.2, 0.25) is 5.91 Å². The molecule has 2 aromatic carbocycles. The third-order valence-electron chi connectivity index (χ3n) is 4.65. The molecule has 0 radical (unpaired) electrons. The normalized spacial score (nSPS) is 11.2. The molecule has 1 aromatic heterocycles. The number of rotatable bonds is 5. The molecule has 1 amide bonds. The van der Waals surface area contributed by atoms with Gasteiger partial charge >= 0.3 is 0 Å². The van der Waals surface area contributed by atoms with Gasteiger partial charge in [0, 0.05) is 12.3 Å². The molecule has 0 aliphatic carbocycles. The number of anilines is 1. The average Bonchev–Trinajstić information content (AvgIpc) is 3.07. The molecule has 0 saturated heterocycles. The van der Waals surface area contributed by atoms with Crippen LogP contribution in [0, 0.1) is 23.0 Å². The summed E-state index contributed by atoms with van der Waals surface area (Å²) in [5, 5.41) is 15.7. The van der Waals surface area contributed by atoms with Crippen molar-refractivity contribution in [1.82, 2.24) is 9.78 Å². The van der Waals surface area contributed by atoms with Crippen molar-refractivity contribution in [3.8, 4) is 6.07 Å². The molecule has 30 heavy (non-hydrogen) atoms. The number of carbonyl (C=O) groups excluding carboxylic acids is 1. The van der Waals surface area contributed by atoms with Crippen LogP contribution >= 0.6 is 0 Å². The van der Waals surface area contributed by atoms with Crippen LogP contribution in [0.1, 0.15) is 43.0 Å². The van der Waals surface area contributed by atoms with Gasteiger partial charge in [-0.2, -0.15) is 10.4 Å². The third-order valence-corrected chi connectivity index (χ3v) is 4.65. The van der Waals surface area contributed by atoms with Gasteiger partial charge in [-0.1, -0.05) is 45.0 Å². The Morgan fingerprint density at radius 3 is 2.30 bits per heavy atom. The molecule has 0 spiro atoms. The summed E-state index contributed by atoms with van der Waals surface area (Å²) >= 11 is 0. The fourth-order valence-corrected chi connectivity index (χ4v) is 3.02. The van der Waals surface area contributed by atoms with Crippen molar-refractivity contribution in [3.05, 3.63) is 82.5 Å². The number of hydrogen-bond acceptors (Lipinski definition) is 3. The SMILES string of the molecule is CC(C)(C)c1ccc(CC(=O)Nc2ccn(Cc3cc(F)c(C#N)c(F)c3)n2)cc1. The molecule has 0 fully saturated rings. The number of hydrogen-bond donors (Lipinski definition) is 1. The summed E-state index contributed by atoms with van der Waals surface area (Å²) < 4.78 is 28.9. The van der Waals surface area contributed by atoms with Crippen LogP contribution in [0.3, 0.4) is 0 Å². The Balaban J connectivity index is 1.61. The van der Waals surface area contributed by atoms with Crippen LogP contribution in [0.15, 0.2) is 48.7 Å². The third kappa shape index (κ3) is 5.09. The number of carbonyl (C=O) groups is 1. The highest BCUT2D eigenvalue weighted by Crippen LogP contribution is 2.22. The number of nitrogens with zero attached hydrogens (tertiary/aromatic N) is 3. The molecular weight excluding hydrogens is 386 g/mol. The molecule has 0 atom stereocenters. The number of nitriles is 1. The summed E-state index contributed by atoms with van der Waals surface area (Å²) in [4.78, 5) is 12.3. The lowest BCUT2D eigenvalue weighted by atomic mass is 9.86. The number of benzene rings is 2. The zero-order valence-electron chi connectivity index (χ0n) is 17.0. The monoisotopic (exact) mass is 408 g/mol. The molecule has 7 heteroatoms. The largest absolute Gasteiger partial charge is 0.309 e. The average molecular weight is 408 g/mol. The Morgan fingerprint density at radius 2 is 1.73 bits per heavy atom. The van der Waals surface area contributed by atoms with Gasteiger partial charge in [0.25, 0.3) is 0 Å². The highest BCUT2D eigenvalue weighted by atomic mass is 19.1. The first-order valence-corrected chi connectivity index (χ1v) is 9.46. The van der Waals surface area contributed by atoms with Gasteiger partial charge in [0.1, 0.15) is 23.3 Å². The van der Waals surface area contributed by atoms with Crippen molar-refractivity contribution in [3.63, 3.8) is 0 Å². The first kappa shape index (κ1) is 21.2. The number of nitrogens with one attached hydrogen (secondary N) is 1. The Morgan fingerprint density at radius 1 is 1.10 bits per heavy atom. The number of amides is 1. The van der Waals surface area contributed by atoms with Gasteiger partial charge in [0.05, 0.1) is 13.0 Å². The maximum atomic E-state index is 13.7. The van der Waals surface area contributed by atoms with Crippen molar-refractivity contribution in [1.29, 1.82) is 5.26 Å². The minimum Gasteiger partial charge on any atom is -0.309 e. The lowest BCUT2D eigenvalue weighted by Crippen LogP contribution is -2.16. The first-order valence-electron chi connectivity index (χ1n) is 9.46. The summed E-state index contributed by atoms with van der Waals surface area (Å²) in [5.74, 6) is -1.68. The van der Waals surface area contributed by atoms with Crippen LogP contribution < -0.4 is 5.32 Å². The van der Waals surface area contributed by atoms with E-state index in [-0.39, 0.29) is 24.3 Å². The topological polar surface area (TPSA) is 70.7 Å². The van der Waals surface area contributed by atoms with Crippen LogP contribution in [0.25, 0.3) is 0 Å². The van der Waals surface area contributed by atoms with E-state index in [1.807, 2.05) is 24.3 Å². The van der Waals surface area contributed by atoms with E-state index in [0.717, 1.165) is 17.7 Å². The molecule has 3 aromatic rings. The standard InChI is InChI=1S/C23H22F2N4O/c1-23(2,3)17-6-4-15(5-7-17)12-22(30)27-21-8-9-29(28-21)14-16-10-19(24)18(13-26)20(25)11-16/h4-11H,12,14H2,1-3H3,(H,27,28,30). The van der Waals surface area contributed by atoms with Crippen LogP contribution in [-0.2, 0) is 23.2 Å². The minimum atomic E-state index is -0.911. The van der Waals surface area contributed by atoms with Gasteiger partial charge in [-0.3, -0.25) is 9.48 Å². The second-order valence-electron chi connectivity index (χ2n) is 8.12. The quantitative estimate of drug-likeness (QED) is 0.673. The second kappa shape index (κ2) is 8.46. The maximum Gasteiger partial charge on any atom is 0.229 e. The van der Waals surface area contributed by atoms with Crippen molar-refractivity contribution >= 4 is 11.7 Å². The van der Waals surface area contributed by atoms with E-state index in [2.05, 4.69) is 31.2 Å². The molecule has 1 N–H and O–H groups in total. The molecule has 0 unspecified atom stereocenters. The molecule has 0 bridgehead atoms. The van der Waals surface area contributed by atoms with E-state index in [4.69, 9.17) is 5.26 Å².